The predicted octanol–water partition coefficient (Wildman–Crippen LogP) is 6.72. The number of carbonyl (C=O) groups excluding carboxylic acids is 1. The average Bonchev–Trinajstić information content (AvgIpc) is 3.34. The summed E-state index contributed by atoms with van der Waals surface area (Å²) in [5, 5.41) is 4.64. The molecule has 0 aliphatic heterocycles. The number of carbonyl (C=O) groups is 1. The van der Waals surface area contributed by atoms with E-state index in [4.69, 9.17) is 11.6 Å². The van der Waals surface area contributed by atoms with Gasteiger partial charge in [-0.25, -0.2) is 4.39 Å². The van der Waals surface area contributed by atoms with Gasteiger partial charge < -0.3 is 5.32 Å². The smallest absolute Gasteiger partial charge is 0.230 e. The monoisotopic (exact) mass is 422 g/mol. The van der Waals surface area contributed by atoms with Crippen LogP contribution in [0.3, 0.4) is 0 Å². The summed E-state index contributed by atoms with van der Waals surface area (Å²) in [6.07, 6.45) is 6.81. The highest BCUT2D eigenvalue weighted by Gasteiger charge is 2.68. The lowest BCUT2D eigenvalue weighted by atomic mass is 9.73. The summed E-state index contributed by atoms with van der Waals surface area (Å²) in [7, 11) is 0. The van der Waals surface area contributed by atoms with Gasteiger partial charge in [0, 0.05) is 22.3 Å². The summed E-state index contributed by atoms with van der Waals surface area (Å²) >= 11 is 5.94. The maximum atomic E-state index is 13.8. The molecule has 1 amide bonds. The van der Waals surface area contributed by atoms with Crippen LogP contribution in [0, 0.1) is 16.6 Å². The molecule has 5 heteroatoms. The number of hydrogen-bond donors (Lipinski definition) is 1. The Morgan fingerprint density at radius 2 is 1.87 bits per heavy atom. The predicted molar refractivity (Wildman–Crippen MR) is 118 cm³/mol. The molecule has 0 unspecified atom stereocenters. The molecule has 2 fully saturated rings. The topological polar surface area (TPSA) is 42.0 Å². The first-order chi connectivity index (χ1) is 14.4. The van der Waals surface area contributed by atoms with Gasteiger partial charge in [-0.15, -0.1) is 0 Å². The minimum atomic E-state index is -0.329. The molecule has 2 aliphatic carbocycles. The number of halogens is 2. The fraction of sp³-hybridized carbons (Fsp3) is 0.360. The number of fused-ring (bicyclic) bond motifs is 1. The third-order valence-corrected chi connectivity index (χ3v) is 7.71. The molecule has 2 aliphatic rings. The average molecular weight is 423 g/mol. The molecule has 154 valence electrons. The lowest BCUT2D eigenvalue weighted by Gasteiger charge is -2.32. The molecular formula is C25H24ClFN2O. The molecule has 5 rings (SSSR count). The zero-order valence-corrected chi connectivity index (χ0v) is 17.7. The van der Waals surface area contributed by atoms with Crippen molar-refractivity contribution in [1.82, 2.24) is 4.98 Å². The van der Waals surface area contributed by atoms with E-state index in [-0.39, 0.29) is 22.6 Å². The van der Waals surface area contributed by atoms with Gasteiger partial charge in [0.25, 0.3) is 0 Å². The Morgan fingerprint density at radius 3 is 2.60 bits per heavy atom. The molecule has 1 spiro atoms. The minimum absolute atomic E-state index is 0.0775. The van der Waals surface area contributed by atoms with Crippen molar-refractivity contribution < 1.29 is 9.18 Å². The molecule has 3 aromatic rings. The molecule has 1 atom stereocenters. The minimum Gasteiger partial charge on any atom is -0.326 e. The highest BCUT2D eigenvalue weighted by molar-refractivity contribution is 6.30. The number of rotatable bonds is 3. The quantitative estimate of drug-likeness (QED) is 0.509. The second kappa shape index (κ2) is 7.05. The first-order valence-electron chi connectivity index (χ1n) is 10.5. The summed E-state index contributed by atoms with van der Waals surface area (Å²) in [5.74, 6) is 0.254. The van der Waals surface area contributed by atoms with Crippen LogP contribution < -0.4 is 5.32 Å². The van der Waals surface area contributed by atoms with Crippen LogP contribution in [0.5, 0.6) is 0 Å². The molecule has 3 nitrogen and oxygen atoms in total. The van der Waals surface area contributed by atoms with Crippen LogP contribution in [0.1, 0.15) is 50.5 Å². The number of nitrogens with zero attached hydrogens (tertiary/aromatic N) is 1. The molecule has 2 aromatic carbocycles. The molecule has 0 bridgehead atoms. The van der Waals surface area contributed by atoms with Gasteiger partial charge in [0.1, 0.15) is 5.82 Å². The number of aromatic nitrogens is 1. The normalized spacial score (nSPS) is 27.9. The van der Waals surface area contributed by atoms with Crippen LogP contribution in [0.25, 0.3) is 10.9 Å². The van der Waals surface area contributed by atoms with Gasteiger partial charge >= 0.3 is 0 Å². The van der Waals surface area contributed by atoms with Crippen molar-refractivity contribution in [2.45, 2.75) is 44.9 Å². The molecule has 30 heavy (non-hydrogen) atoms. The Hall–Kier alpha value is -2.46. The van der Waals surface area contributed by atoms with E-state index in [0.29, 0.717) is 10.9 Å². The van der Waals surface area contributed by atoms with E-state index < -0.39 is 0 Å². The Bertz CT molecular complexity index is 1120. The molecule has 2 saturated carbocycles. The van der Waals surface area contributed by atoms with Crippen molar-refractivity contribution in [2.24, 2.45) is 10.8 Å². The second-order valence-corrected chi connectivity index (χ2v) is 9.52. The van der Waals surface area contributed by atoms with E-state index in [2.05, 4.69) is 17.2 Å². The van der Waals surface area contributed by atoms with Crippen molar-refractivity contribution in [2.75, 3.05) is 5.32 Å². The standard InChI is InChI=1S/C25H24ClFN2O/c1-24(23(30)29-19-5-2-17(26)3-6-19)15-25(24)11-8-16(9-12-25)20-10-13-28-22-7-4-18(27)14-21(20)22/h2-7,10,13-14,16H,8-9,11-12,15H2,1H3,(H,29,30)/t16-,24-,25-/m0/s1. The molecule has 1 N–H and O–H groups in total. The van der Waals surface area contributed by atoms with Crippen molar-refractivity contribution in [3.8, 4) is 0 Å². The molecule has 1 heterocycles. The molecule has 1 aromatic heterocycles. The number of pyridine rings is 1. The van der Waals surface area contributed by atoms with Crippen LogP contribution in [0.4, 0.5) is 10.1 Å². The summed E-state index contributed by atoms with van der Waals surface area (Å²) < 4.78 is 13.8. The van der Waals surface area contributed by atoms with E-state index in [9.17, 15) is 9.18 Å². The summed E-state index contributed by atoms with van der Waals surface area (Å²) in [5.41, 5.74) is 2.56. The number of benzene rings is 2. The zero-order valence-electron chi connectivity index (χ0n) is 16.9. The largest absolute Gasteiger partial charge is 0.326 e. The van der Waals surface area contributed by atoms with Gasteiger partial charge in [-0.1, -0.05) is 18.5 Å². The van der Waals surface area contributed by atoms with Crippen LogP contribution in [-0.4, -0.2) is 10.9 Å². The van der Waals surface area contributed by atoms with E-state index in [1.165, 1.54) is 11.6 Å². The number of anilines is 1. The third-order valence-electron chi connectivity index (χ3n) is 7.46. The maximum absolute atomic E-state index is 13.8. The zero-order chi connectivity index (χ0) is 20.9. The lowest BCUT2D eigenvalue weighted by molar-refractivity contribution is -0.122. The molecule has 0 saturated heterocycles. The van der Waals surface area contributed by atoms with Crippen LogP contribution in [0.2, 0.25) is 5.02 Å². The van der Waals surface area contributed by atoms with E-state index >= 15 is 0 Å². The van der Waals surface area contributed by atoms with Gasteiger partial charge in [0.05, 0.1) is 10.9 Å². The van der Waals surface area contributed by atoms with Gasteiger partial charge in [0.15, 0.2) is 0 Å². The van der Waals surface area contributed by atoms with Gasteiger partial charge in [0.2, 0.25) is 5.91 Å². The Labute approximate surface area is 180 Å². The number of amides is 1. The van der Waals surface area contributed by atoms with Gasteiger partial charge in [-0.3, -0.25) is 9.78 Å². The van der Waals surface area contributed by atoms with Crippen LogP contribution >= 0.6 is 11.6 Å². The van der Waals surface area contributed by atoms with E-state index in [1.807, 2.05) is 24.4 Å². The van der Waals surface area contributed by atoms with Gasteiger partial charge in [-0.05, 0) is 97.5 Å². The fourth-order valence-corrected chi connectivity index (χ4v) is 5.59. The summed E-state index contributed by atoms with van der Waals surface area (Å²) in [6.45, 7) is 2.09. The van der Waals surface area contributed by atoms with E-state index in [0.717, 1.165) is 48.7 Å². The van der Waals surface area contributed by atoms with Crippen molar-refractivity contribution >= 4 is 34.1 Å². The molecular weight excluding hydrogens is 399 g/mol. The third kappa shape index (κ3) is 3.18. The van der Waals surface area contributed by atoms with Crippen molar-refractivity contribution in [3.05, 3.63) is 71.1 Å². The molecule has 0 radical (unpaired) electrons. The lowest BCUT2D eigenvalue weighted by Crippen LogP contribution is -2.29. The Kier molecular flexibility index (Phi) is 4.59. The van der Waals surface area contributed by atoms with E-state index in [1.54, 1.807) is 24.3 Å². The van der Waals surface area contributed by atoms with Crippen LogP contribution in [-0.2, 0) is 4.79 Å². The fourth-order valence-electron chi connectivity index (χ4n) is 5.46. The first-order valence-corrected chi connectivity index (χ1v) is 10.9. The summed E-state index contributed by atoms with van der Waals surface area (Å²) in [6, 6.07) is 14.1. The number of nitrogens with one attached hydrogen (secondary N) is 1. The highest BCUT2D eigenvalue weighted by Crippen LogP contribution is 2.71. The number of hydrogen-bond acceptors (Lipinski definition) is 2. The Morgan fingerprint density at radius 1 is 1.13 bits per heavy atom. The van der Waals surface area contributed by atoms with Gasteiger partial charge in [-0.2, -0.15) is 0 Å². The second-order valence-electron chi connectivity index (χ2n) is 9.09. The summed E-state index contributed by atoms with van der Waals surface area (Å²) in [4.78, 5) is 17.4. The van der Waals surface area contributed by atoms with Crippen molar-refractivity contribution in [1.29, 1.82) is 0 Å². The van der Waals surface area contributed by atoms with Crippen molar-refractivity contribution in [3.63, 3.8) is 0 Å². The Balaban J connectivity index is 1.30. The first kappa shape index (κ1) is 19.5. The maximum Gasteiger partial charge on any atom is 0.230 e. The highest BCUT2D eigenvalue weighted by atomic mass is 35.5. The van der Waals surface area contributed by atoms with Crippen LogP contribution in [0.15, 0.2) is 54.7 Å². The SMILES string of the molecule is C[C@@]1(C(=O)Nc2ccc(Cl)cc2)C[C@]12CC[C@@H](c1ccnc3ccc(F)cc31)CC2.